The second-order valence-corrected chi connectivity index (χ2v) is 7.45. The lowest BCUT2D eigenvalue weighted by atomic mass is 9.90. The van der Waals surface area contributed by atoms with Gasteiger partial charge in [0.05, 0.1) is 9.39 Å². The fraction of sp³-hybridized carbons (Fsp3) is 0.600. The maximum atomic E-state index is 10.4. The summed E-state index contributed by atoms with van der Waals surface area (Å²) in [5.41, 5.74) is 0.751. The monoisotopic (exact) mass is 292 g/mol. The Balaban J connectivity index is 2.14. The van der Waals surface area contributed by atoms with Crippen molar-refractivity contribution in [3.63, 3.8) is 0 Å². The molecule has 1 nitrogen and oxygen atoms in total. The first-order valence-electron chi connectivity index (χ1n) is 4.68. The maximum absolute atomic E-state index is 10.4. The van der Waals surface area contributed by atoms with Crippen LogP contribution in [0.3, 0.4) is 0 Å². The van der Waals surface area contributed by atoms with Gasteiger partial charge in [-0.05, 0) is 45.1 Å². The van der Waals surface area contributed by atoms with Crippen LogP contribution >= 0.6 is 39.0 Å². The minimum absolute atomic E-state index is 0.356. The second-order valence-electron chi connectivity index (χ2n) is 3.76. The lowest BCUT2D eigenvalue weighted by molar-refractivity contribution is 0.0464. The molecule has 0 bridgehead atoms. The van der Waals surface area contributed by atoms with E-state index in [1.54, 1.807) is 11.3 Å². The Morgan fingerprint density at radius 1 is 1.71 bits per heavy atom. The average molecular weight is 293 g/mol. The van der Waals surface area contributed by atoms with Gasteiger partial charge < -0.3 is 5.11 Å². The Bertz CT molecular complexity index is 326. The van der Waals surface area contributed by atoms with E-state index in [4.69, 9.17) is 0 Å². The molecule has 2 atom stereocenters. The van der Waals surface area contributed by atoms with Crippen molar-refractivity contribution in [3.8, 4) is 0 Å². The van der Waals surface area contributed by atoms with Crippen LogP contribution in [0.4, 0.5) is 0 Å². The molecule has 0 amide bonds. The standard InChI is InChI=1S/C10H13BrOS2/c1-7-10(12,3-5-13-7)6-8-2-4-14-9(8)11/h2,4,7,12H,3,5-6H2,1H3. The van der Waals surface area contributed by atoms with Crippen molar-refractivity contribution >= 4 is 39.0 Å². The summed E-state index contributed by atoms with van der Waals surface area (Å²) < 4.78 is 1.16. The molecule has 1 saturated heterocycles. The van der Waals surface area contributed by atoms with Crippen LogP contribution in [0.15, 0.2) is 15.2 Å². The zero-order valence-electron chi connectivity index (χ0n) is 8.00. The third kappa shape index (κ3) is 2.03. The summed E-state index contributed by atoms with van der Waals surface area (Å²) in [6, 6.07) is 2.10. The summed E-state index contributed by atoms with van der Waals surface area (Å²) in [6.45, 7) is 2.12. The van der Waals surface area contributed by atoms with Crippen molar-refractivity contribution in [1.29, 1.82) is 0 Å². The first-order valence-corrected chi connectivity index (χ1v) is 7.40. The Morgan fingerprint density at radius 3 is 3.00 bits per heavy atom. The SMILES string of the molecule is CC1SCCC1(O)Cc1ccsc1Br. The van der Waals surface area contributed by atoms with E-state index in [1.807, 2.05) is 11.8 Å². The van der Waals surface area contributed by atoms with E-state index in [0.29, 0.717) is 5.25 Å². The summed E-state index contributed by atoms with van der Waals surface area (Å²) in [4.78, 5) is 0. The Morgan fingerprint density at radius 2 is 2.50 bits per heavy atom. The molecule has 1 fully saturated rings. The molecular weight excluding hydrogens is 280 g/mol. The zero-order chi connectivity index (χ0) is 10.2. The number of hydrogen-bond donors (Lipinski definition) is 1. The van der Waals surface area contributed by atoms with Gasteiger partial charge in [0.2, 0.25) is 0 Å². The van der Waals surface area contributed by atoms with Crippen LogP contribution in [0, 0.1) is 0 Å². The van der Waals surface area contributed by atoms with Gasteiger partial charge in [0.15, 0.2) is 0 Å². The van der Waals surface area contributed by atoms with Crippen LogP contribution in [0.2, 0.25) is 0 Å². The highest BCUT2D eigenvalue weighted by atomic mass is 79.9. The molecule has 78 valence electrons. The molecular formula is C10H13BrOS2. The molecule has 2 rings (SSSR count). The molecule has 1 aromatic rings. The molecule has 1 aliphatic heterocycles. The van der Waals surface area contributed by atoms with Gasteiger partial charge in [-0.2, -0.15) is 11.8 Å². The maximum Gasteiger partial charge on any atom is 0.0811 e. The minimum atomic E-state index is -0.492. The van der Waals surface area contributed by atoms with Gasteiger partial charge in [-0.15, -0.1) is 11.3 Å². The smallest absolute Gasteiger partial charge is 0.0811 e. The Kier molecular flexibility index (Phi) is 3.27. The highest BCUT2D eigenvalue weighted by molar-refractivity contribution is 9.11. The Labute approximate surface area is 101 Å². The fourth-order valence-corrected chi connectivity index (χ4v) is 4.35. The van der Waals surface area contributed by atoms with Crippen molar-refractivity contribution in [2.45, 2.75) is 30.6 Å². The minimum Gasteiger partial charge on any atom is -0.388 e. The number of rotatable bonds is 2. The van der Waals surface area contributed by atoms with Gasteiger partial charge in [0.1, 0.15) is 0 Å². The van der Waals surface area contributed by atoms with E-state index in [9.17, 15) is 5.11 Å². The highest BCUT2D eigenvalue weighted by Crippen LogP contribution is 2.39. The van der Waals surface area contributed by atoms with Crippen LogP contribution in [-0.4, -0.2) is 21.7 Å². The normalized spacial score (nSPS) is 32.4. The summed E-state index contributed by atoms with van der Waals surface area (Å²) in [6.07, 6.45) is 1.70. The van der Waals surface area contributed by atoms with E-state index in [2.05, 4.69) is 34.3 Å². The molecule has 0 spiro atoms. The van der Waals surface area contributed by atoms with E-state index >= 15 is 0 Å². The molecule has 1 aliphatic rings. The first-order chi connectivity index (χ1) is 6.62. The lowest BCUT2D eigenvalue weighted by Gasteiger charge is -2.26. The van der Waals surface area contributed by atoms with Gasteiger partial charge in [0.25, 0.3) is 0 Å². The van der Waals surface area contributed by atoms with Crippen LogP contribution < -0.4 is 0 Å². The number of thioether (sulfide) groups is 1. The molecule has 0 aliphatic carbocycles. The molecule has 0 saturated carbocycles. The van der Waals surface area contributed by atoms with Crippen molar-refractivity contribution in [2.75, 3.05) is 5.75 Å². The van der Waals surface area contributed by atoms with Gasteiger partial charge in [-0.3, -0.25) is 0 Å². The number of thiophene rings is 1. The van der Waals surface area contributed by atoms with Crippen LogP contribution in [0.25, 0.3) is 0 Å². The summed E-state index contributed by atoms with van der Waals surface area (Å²) in [7, 11) is 0. The molecule has 0 aromatic carbocycles. The van der Waals surface area contributed by atoms with Crippen LogP contribution in [0.1, 0.15) is 18.9 Å². The Hall–Kier alpha value is 0.490. The fourth-order valence-electron chi connectivity index (χ4n) is 1.78. The molecule has 1 N–H and O–H groups in total. The predicted octanol–water partition coefficient (Wildman–Crippen LogP) is 3.31. The van der Waals surface area contributed by atoms with Gasteiger partial charge in [-0.25, -0.2) is 0 Å². The van der Waals surface area contributed by atoms with Crippen molar-refractivity contribution < 1.29 is 5.11 Å². The van der Waals surface area contributed by atoms with Crippen molar-refractivity contribution in [1.82, 2.24) is 0 Å². The van der Waals surface area contributed by atoms with Gasteiger partial charge in [-0.1, -0.05) is 6.92 Å². The molecule has 1 aromatic heterocycles. The highest BCUT2D eigenvalue weighted by Gasteiger charge is 2.39. The molecule has 0 radical (unpaired) electrons. The number of hydrogen-bond acceptors (Lipinski definition) is 3. The van der Waals surface area contributed by atoms with Gasteiger partial charge >= 0.3 is 0 Å². The summed E-state index contributed by atoms with van der Waals surface area (Å²) in [5, 5.41) is 12.8. The molecule has 2 unspecified atom stereocenters. The van der Waals surface area contributed by atoms with Crippen molar-refractivity contribution in [3.05, 3.63) is 20.8 Å². The van der Waals surface area contributed by atoms with E-state index in [1.165, 1.54) is 5.56 Å². The topological polar surface area (TPSA) is 20.2 Å². The molecule has 2 heterocycles. The third-order valence-electron chi connectivity index (χ3n) is 2.85. The number of halogens is 1. The van der Waals surface area contributed by atoms with Gasteiger partial charge in [0, 0.05) is 11.7 Å². The number of aliphatic hydroxyl groups is 1. The van der Waals surface area contributed by atoms with Crippen LogP contribution in [0.5, 0.6) is 0 Å². The largest absolute Gasteiger partial charge is 0.388 e. The molecule has 14 heavy (non-hydrogen) atoms. The van der Waals surface area contributed by atoms with Crippen LogP contribution in [-0.2, 0) is 6.42 Å². The second kappa shape index (κ2) is 4.16. The summed E-state index contributed by atoms with van der Waals surface area (Å²) >= 11 is 7.07. The quantitative estimate of drug-likeness (QED) is 0.902. The third-order valence-corrected chi connectivity index (χ3v) is 6.04. The summed E-state index contributed by atoms with van der Waals surface area (Å²) in [5.74, 6) is 1.08. The van der Waals surface area contributed by atoms with E-state index < -0.39 is 5.60 Å². The predicted molar refractivity (Wildman–Crippen MR) is 67.2 cm³/mol. The van der Waals surface area contributed by atoms with Crippen molar-refractivity contribution in [2.24, 2.45) is 0 Å². The van der Waals surface area contributed by atoms with E-state index in [0.717, 1.165) is 22.4 Å². The molecule has 4 heteroatoms. The van der Waals surface area contributed by atoms with E-state index in [-0.39, 0.29) is 0 Å². The first kappa shape index (κ1) is 11.0. The average Bonchev–Trinajstić information content (AvgIpc) is 2.64. The lowest BCUT2D eigenvalue weighted by Crippen LogP contribution is -2.36. The zero-order valence-corrected chi connectivity index (χ0v) is 11.2.